The molecule has 0 atom stereocenters. The molecule has 0 unspecified atom stereocenters. The Morgan fingerprint density at radius 2 is 1.93 bits per heavy atom. The molecule has 146 valence electrons. The van der Waals surface area contributed by atoms with Crippen LogP contribution in [0.1, 0.15) is 57.8 Å². The number of hydrogen-bond acceptors (Lipinski definition) is 4. The third kappa shape index (κ3) is 5.83. The molecular weight excluding hydrogens is 356 g/mol. The Labute approximate surface area is 166 Å². The summed E-state index contributed by atoms with van der Waals surface area (Å²) in [4.78, 5) is 19.4. The van der Waals surface area contributed by atoms with Gasteiger partial charge in [0.15, 0.2) is 0 Å². The van der Waals surface area contributed by atoms with Crippen LogP contribution in [0.3, 0.4) is 0 Å². The predicted octanol–water partition coefficient (Wildman–Crippen LogP) is 4.46. The first kappa shape index (κ1) is 19.9. The van der Waals surface area contributed by atoms with Crippen LogP contribution in [0.15, 0.2) is 35.5 Å². The van der Waals surface area contributed by atoms with Crippen LogP contribution >= 0.6 is 11.8 Å². The summed E-state index contributed by atoms with van der Waals surface area (Å²) in [6.45, 7) is 6.84. The van der Waals surface area contributed by atoms with Crippen molar-refractivity contribution in [2.24, 2.45) is 5.92 Å². The van der Waals surface area contributed by atoms with Crippen molar-refractivity contribution in [3.8, 4) is 0 Å². The largest absolute Gasteiger partial charge is 0.333 e. The highest BCUT2D eigenvalue weighted by atomic mass is 32.2. The summed E-state index contributed by atoms with van der Waals surface area (Å²) < 4.78 is 0. The van der Waals surface area contributed by atoms with Gasteiger partial charge in [-0.1, -0.05) is 67.8 Å². The predicted molar refractivity (Wildman–Crippen MR) is 110 cm³/mol. The van der Waals surface area contributed by atoms with Gasteiger partial charge in [0.1, 0.15) is 5.82 Å². The number of carbonyl (C=O) groups is 1. The van der Waals surface area contributed by atoms with Crippen molar-refractivity contribution in [3.63, 3.8) is 0 Å². The Bertz CT molecular complexity index is 732. The van der Waals surface area contributed by atoms with Crippen molar-refractivity contribution in [1.82, 2.24) is 20.1 Å². The zero-order valence-corrected chi connectivity index (χ0v) is 17.4. The van der Waals surface area contributed by atoms with Gasteiger partial charge in [-0.3, -0.25) is 9.89 Å². The van der Waals surface area contributed by atoms with Gasteiger partial charge < -0.3 is 4.90 Å². The lowest BCUT2D eigenvalue weighted by atomic mass is 10.0. The molecule has 1 aliphatic rings. The van der Waals surface area contributed by atoms with Crippen LogP contribution in [0.25, 0.3) is 0 Å². The maximum atomic E-state index is 12.9. The number of carbonyl (C=O) groups excluding carboxylic acids is 1. The molecule has 0 saturated heterocycles. The molecule has 1 saturated carbocycles. The Hall–Kier alpha value is -1.82. The number of amides is 1. The molecule has 1 aromatic carbocycles. The molecule has 0 spiro atoms. The summed E-state index contributed by atoms with van der Waals surface area (Å²) >= 11 is 1.42. The molecule has 0 bridgehead atoms. The summed E-state index contributed by atoms with van der Waals surface area (Å²) in [5.74, 6) is 2.15. The SMILES string of the molecule is CC(C)(C)N(Cc1ccccc1)C(=O)CSc1n[nH]c(CC2CCCC2)n1. The van der Waals surface area contributed by atoms with Crippen LogP contribution in [0.5, 0.6) is 0 Å². The van der Waals surface area contributed by atoms with Gasteiger partial charge in [-0.25, -0.2) is 4.98 Å². The number of nitrogens with one attached hydrogen (secondary N) is 1. The second-order valence-electron chi connectivity index (χ2n) is 8.34. The standard InChI is InChI=1S/C21H30N4OS/c1-21(2,3)25(14-17-11-5-4-6-12-17)19(26)15-27-20-22-18(23-24-20)13-16-9-7-8-10-16/h4-6,11-12,16H,7-10,13-15H2,1-3H3,(H,22,23,24). The molecule has 6 heteroatoms. The molecule has 1 aliphatic carbocycles. The minimum Gasteiger partial charge on any atom is -0.333 e. The Morgan fingerprint density at radius 1 is 1.22 bits per heavy atom. The molecule has 3 rings (SSSR count). The topological polar surface area (TPSA) is 61.9 Å². The molecule has 1 amide bonds. The number of nitrogens with zero attached hydrogens (tertiary/aromatic N) is 3. The lowest BCUT2D eigenvalue weighted by Crippen LogP contribution is -2.45. The second kappa shape index (κ2) is 8.91. The summed E-state index contributed by atoms with van der Waals surface area (Å²) in [6.07, 6.45) is 6.23. The maximum Gasteiger partial charge on any atom is 0.233 e. The molecule has 1 N–H and O–H groups in total. The van der Waals surface area contributed by atoms with Crippen LogP contribution in [0.2, 0.25) is 0 Å². The van der Waals surface area contributed by atoms with E-state index < -0.39 is 0 Å². The van der Waals surface area contributed by atoms with E-state index in [4.69, 9.17) is 0 Å². The highest BCUT2D eigenvalue weighted by Gasteiger charge is 2.27. The average molecular weight is 387 g/mol. The smallest absolute Gasteiger partial charge is 0.233 e. The van der Waals surface area contributed by atoms with Crippen LogP contribution in [-0.2, 0) is 17.8 Å². The number of benzene rings is 1. The van der Waals surface area contributed by atoms with Crippen molar-refractivity contribution in [2.75, 3.05) is 5.75 Å². The van der Waals surface area contributed by atoms with Crippen molar-refractivity contribution in [3.05, 3.63) is 41.7 Å². The van der Waals surface area contributed by atoms with Gasteiger partial charge in [0, 0.05) is 18.5 Å². The fraction of sp³-hybridized carbons (Fsp3) is 0.571. The number of H-pyrrole nitrogens is 1. The van der Waals surface area contributed by atoms with Gasteiger partial charge in [-0.15, -0.1) is 5.10 Å². The second-order valence-corrected chi connectivity index (χ2v) is 9.29. The van der Waals surface area contributed by atoms with Crippen molar-refractivity contribution < 1.29 is 4.79 Å². The lowest BCUT2D eigenvalue weighted by Gasteiger charge is -2.35. The van der Waals surface area contributed by atoms with Gasteiger partial charge in [0.05, 0.1) is 5.75 Å². The number of aromatic amines is 1. The number of rotatable bonds is 7. The fourth-order valence-electron chi connectivity index (χ4n) is 3.59. The van der Waals surface area contributed by atoms with E-state index in [0.717, 1.165) is 23.7 Å². The molecule has 27 heavy (non-hydrogen) atoms. The Kier molecular flexibility index (Phi) is 6.58. The first-order valence-corrected chi connectivity index (χ1v) is 10.8. The van der Waals surface area contributed by atoms with Crippen LogP contribution in [-0.4, -0.2) is 37.3 Å². The highest BCUT2D eigenvalue weighted by molar-refractivity contribution is 7.99. The molecular formula is C21H30N4OS. The van der Waals surface area contributed by atoms with Gasteiger partial charge in [-0.2, -0.15) is 0 Å². The van der Waals surface area contributed by atoms with Crippen molar-refractivity contribution in [1.29, 1.82) is 0 Å². The molecule has 0 aliphatic heterocycles. The molecule has 1 aromatic heterocycles. The zero-order valence-electron chi connectivity index (χ0n) is 16.6. The Morgan fingerprint density at radius 3 is 2.59 bits per heavy atom. The van der Waals surface area contributed by atoms with Crippen molar-refractivity contribution >= 4 is 17.7 Å². The number of thioether (sulfide) groups is 1. The monoisotopic (exact) mass is 386 g/mol. The van der Waals surface area contributed by atoms with Gasteiger partial charge in [0.25, 0.3) is 0 Å². The van der Waals surface area contributed by atoms with Crippen LogP contribution in [0, 0.1) is 5.92 Å². The van der Waals surface area contributed by atoms with E-state index in [0.29, 0.717) is 17.5 Å². The molecule has 1 heterocycles. The van der Waals surface area contributed by atoms with E-state index in [1.807, 2.05) is 23.1 Å². The minimum absolute atomic E-state index is 0.110. The maximum absolute atomic E-state index is 12.9. The van der Waals surface area contributed by atoms with Gasteiger partial charge in [0.2, 0.25) is 11.1 Å². The third-order valence-corrected chi connectivity index (χ3v) is 5.92. The highest BCUT2D eigenvalue weighted by Crippen LogP contribution is 2.27. The van der Waals surface area contributed by atoms with E-state index in [-0.39, 0.29) is 11.4 Å². The average Bonchev–Trinajstić information content (AvgIpc) is 3.30. The van der Waals surface area contributed by atoms with Crippen molar-refractivity contribution in [2.45, 2.75) is 70.1 Å². The first-order chi connectivity index (χ1) is 12.9. The van der Waals surface area contributed by atoms with Gasteiger partial charge in [-0.05, 0) is 32.3 Å². The van der Waals surface area contributed by atoms with E-state index in [1.165, 1.54) is 37.4 Å². The molecule has 0 radical (unpaired) electrons. The fourth-order valence-corrected chi connectivity index (χ4v) is 4.28. The molecule has 1 fully saturated rings. The molecule has 2 aromatic rings. The lowest BCUT2D eigenvalue weighted by molar-refractivity contribution is -0.133. The Balaban J connectivity index is 1.56. The summed E-state index contributed by atoms with van der Waals surface area (Å²) in [7, 11) is 0. The molecule has 5 nitrogen and oxygen atoms in total. The first-order valence-electron chi connectivity index (χ1n) is 9.80. The summed E-state index contributed by atoms with van der Waals surface area (Å²) in [5.41, 5.74) is 0.905. The van der Waals surface area contributed by atoms with E-state index in [1.54, 1.807) is 0 Å². The van der Waals surface area contributed by atoms with Gasteiger partial charge >= 0.3 is 0 Å². The number of aromatic nitrogens is 3. The van der Waals surface area contributed by atoms with E-state index in [2.05, 4.69) is 48.1 Å². The van der Waals surface area contributed by atoms with Crippen LogP contribution in [0.4, 0.5) is 0 Å². The van der Waals surface area contributed by atoms with E-state index >= 15 is 0 Å². The quantitative estimate of drug-likeness (QED) is 0.714. The summed E-state index contributed by atoms with van der Waals surface area (Å²) in [5, 5.41) is 8.01. The minimum atomic E-state index is -0.236. The number of hydrogen-bond donors (Lipinski definition) is 1. The van der Waals surface area contributed by atoms with Crippen LogP contribution < -0.4 is 0 Å². The normalized spacial score (nSPS) is 15.2. The van der Waals surface area contributed by atoms with E-state index in [9.17, 15) is 4.79 Å². The third-order valence-electron chi connectivity index (χ3n) is 5.09. The zero-order chi connectivity index (χ0) is 19.3. The summed E-state index contributed by atoms with van der Waals surface area (Å²) in [6, 6.07) is 10.1.